The van der Waals surface area contributed by atoms with Crippen LogP contribution < -0.4 is 14.8 Å². The molecular formula is C22H21NO4. The predicted molar refractivity (Wildman–Crippen MR) is 104 cm³/mol. The highest BCUT2D eigenvalue weighted by atomic mass is 16.5. The number of ether oxygens (including phenoxy) is 2. The molecule has 0 bridgehead atoms. The molecule has 0 aliphatic carbocycles. The molecule has 27 heavy (non-hydrogen) atoms. The largest absolute Gasteiger partial charge is 0.497 e. The molecule has 1 aromatic heterocycles. The lowest BCUT2D eigenvalue weighted by Gasteiger charge is -2.19. The third-order valence-corrected chi connectivity index (χ3v) is 4.13. The molecule has 5 nitrogen and oxygen atoms in total. The summed E-state index contributed by atoms with van der Waals surface area (Å²) in [5, 5.41) is 3.04. The summed E-state index contributed by atoms with van der Waals surface area (Å²) in [4.78, 5) is 12.5. The maximum absolute atomic E-state index is 12.5. The number of amides is 1. The van der Waals surface area contributed by atoms with E-state index in [1.165, 1.54) is 6.08 Å². The second kappa shape index (κ2) is 8.76. The van der Waals surface area contributed by atoms with Gasteiger partial charge in [0.2, 0.25) is 5.91 Å². The number of nitrogens with one attached hydrogen (secondary N) is 1. The summed E-state index contributed by atoms with van der Waals surface area (Å²) >= 11 is 0. The fourth-order valence-corrected chi connectivity index (χ4v) is 2.69. The van der Waals surface area contributed by atoms with Gasteiger partial charge in [0.05, 0.1) is 26.5 Å². The first-order valence-corrected chi connectivity index (χ1v) is 8.49. The first-order chi connectivity index (χ1) is 13.2. The number of hydrogen-bond acceptors (Lipinski definition) is 4. The van der Waals surface area contributed by atoms with Gasteiger partial charge in [-0.25, -0.2) is 0 Å². The van der Waals surface area contributed by atoms with Gasteiger partial charge in [-0.15, -0.1) is 0 Å². The van der Waals surface area contributed by atoms with Crippen LogP contribution in [0.5, 0.6) is 11.5 Å². The summed E-state index contributed by atoms with van der Waals surface area (Å²) in [5.41, 5.74) is 1.89. The number of carbonyl (C=O) groups excluding carboxylic acids is 1. The summed E-state index contributed by atoms with van der Waals surface area (Å²) in [7, 11) is 3.24. The van der Waals surface area contributed by atoms with E-state index in [1.807, 2.05) is 48.5 Å². The van der Waals surface area contributed by atoms with Gasteiger partial charge in [0.15, 0.2) is 0 Å². The summed E-state index contributed by atoms with van der Waals surface area (Å²) in [6, 6.07) is 18.5. The monoisotopic (exact) mass is 363 g/mol. The highest BCUT2D eigenvalue weighted by Crippen LogP contribution is 2.26. The second-order valence-electron chi connectivity index (χ2n) is 5.84. The molecule has 2 aromatic carbocycles. The predicted octanol–water partition coefficient (Wildman–Crippen LogP) is 4.22. The summed E-state index contributed by atoms with van der Waals surface area (Å²) < 4.78 is 15.7. The molecule has 1 amide bonds. The molecule has 0 saturated heterocycles. The lowest BCUT2D eigenvalue weighted by atomic mass is 9.98. The smallest absolute Gasteiger partial charge is 0.244 e. The number of methoxy groups -OCH3 is 2. The minimum absolute atomic E-state index is 0.219. The van der Waals surface area contributed by atoms with Gasteiger partial charge >= 0.3 is 0 Å². The van der Waals surface area contributed by atoms with Crippen LogP contribution in [0.2, 0.25) is 0 Å². The summed E-state index contributed by atoms with van der Waals surface area (Å²) in [6.07, 6.45) is 4.66. The molecule has 0 spiro atoms. The highest BCUT2D eigenvalue weighted by Gasteiger charge is 2.16. The van der Waals surface area contributed by atoms with Crippen molar-refractivity contribution in [3.05, 3.63) is 89.9 Å². The molecule has 0 fully saturated rings. The maximum Gasteiger partial charge on any atom is 0.244 e. The lowest BCUT2D eigenvalue weighted by Crippen LogP contribution is -2.27. The number of hydrogen-bond donors (Lipinski definition) is 1. The molecule has 138 valence electrons. The standard InChI is InChI=1S/C22H21NO4/c1-25-18-9-5-16(6-10-18)22(17-7-11-19(26-2)12-8-17)23-21(24)14-13-20-4-3-15-27-20/h3-15,22H,1-2H3,(H,23,24)/b14-13-. The van der Waals surface area contributed by atoms with E-state index in [4.69, 9.17) is 13.9 Å². The van der Waals surface area contributed by atoms with Gasteiger partial charge in [-0.3, -0.25) is 4.79 Å². The fraction of sp³-hybridized carbons (Fsp3) is 0.136. The molecule has 0 atom stereocenters. The van der Waals surface area contributed by atoms with Crippen molar-refractivity contribution in [3.63, 3.8) is 0 Å². The van der Waals surface area contributed by atoms with E-state index >= 15 is 0 Å². The molecule has 5 heteroatoms. The van der Waals surface area contributed by atoms with Crippen molar-refractivity contribution < 1.29 is 18.7 Å². The normalized spacial score (nSPS) is 10.9. The zero-order valence-corrected chi connectivity index (χ0v) is 15.2. The molecule has 0 aliphatic heterocycles. The molecule has 3 rings (SSSR count). The highest BCUT2D eigenvalue weighted by molar-refractivity contribution is 5.91. The number of furan rings is 1. The number of carbonyl (C=O) groups is 1. The average Bonchev–Trinajstić information content (AvgIpc) is 3.24. The maximum atomic E-state index is 12.5. The third kappa shape index (κ3) is 4.79. The van der Waals surface area contributed by atoms with Crippen molar-refractivity contribution in [2.75, 3.05) is 14.2 Å². The molecule has 1 N–H and O–H groups in total. The minimum Gasteiger partial charge on any atom is -0.497 e. The summed E-state index contributed by atoms with van der Waals surface area (Å²) in [6.45, 7) is 0. The van der Waals surface area contributed by atoms with Crippen molar-refractivity contribution in [1.29, 1.82) is 0 Å². The Morgan fingerprint density at radius 2 is 1.48 bits per heavy atom. The van der Waals surface area contributed by atoms with E-state index in [0.717, 1.165) is 22.6 Å². The minimum atomic E-state index is -0.310. The molecule has 1 heterocycles. The topological polar surface area (TPSA) is 60.7 Å². The zero-order chi connectivity index (χ0) is 19.1. The molecular weight excluding hydrogens is 342 g/mol. The van der Waals surface area contributed by atoms with Crippen molar-refractivity contribution in [2.24, 2.45) is 0 Å². The first kappa shape index (κ1) is 18.3. The van der Waals surface area contributed by atoms with E-state index in [2.05, 4.69) is 5.32 Å². The van der Waals surface area contributed by atoms with Gasteiger partial charge in [0.25, 0.3) is 0 Å². The van der Waals surface area contributed by atoms with E-state index in [1.54, 1.807) is 38.7 Å². The SMILES string of the molecule is COc1ccc(C(NC(=O)/C=C\c2ccco2)c2ccc(OC)cc2)cc1. The Morgan fingerprint density at radius 1 is 0.926 bits per heavy atom. The average molecular weight is 363 g/mol. The molecule has 0 radical (unpaired) electrons. The third-order valence-electron chi connectivity index (χ3n) is 4.13. The molecule has 3 aromatic rings. The van der Waals surface area contributed by atoms with Crippen LogP contribution in [-0.2, 0) is 4.79 Å². The van der Waals surface area contributed by atoms with Gasteiger partial charge in [-0.05, 0) is 53.6 Å². The van der Waals surface area contributed by atoms with Gasteiger partial charge < -0.3 is 19.2 Å². The van der Waals surface area contributed by atoms with E-state index in [-0.39, 0.29) is 11.9 Å². The Bertz CT molecular complexity index is 834. The lowest BCUT2D eigenvalue weighted by molar-refractivity contribution is -0.116. The van der Waals surface area contributed by atoms with Crippen LogP contribution in [0.3, 0.4) is 0 Å². The molecule has 0 saturated carbocycles. The van der Waals surface area contributed by atoms with Crippen molar-refractivity contribution >= 4 is 12.0 Å². The van der Waals surface area contributed by atoms with Crippen molar-refractivity contribution in [2.45, 2.75) is 6.04 Å². The van der Waals surface area contributed by atoms with Crippen molar-refractivity contribution in [3.8, 4) is 11.5 Å². The van der Waals surface area contributed by atoms with E-state index < -0.39 is 0 Å². The Labute approximate surface area is 158 Å². The number of rotatable bonds is 7. The Hall–Kier alpha value is -3.47. The van der Waals surface area contributed by atoms with Crippen LogP contribution in [0.4, 0.5) is 0 Å². The van der Waals surface area contributed by atoms with Crippen LogP contribution in [0.1, 0.15) is 22.9 Å². The first-order valence-electron chi connectivity index (χ1n) is 8.49. The van der Waals surface area contributed by atoms with Crippen LogP contribution >= 0.6 is 0 Å². The van der Waals surface area contributed by atoms with E-state index in [9.17, 15) is 4.79 Å². The van der Waals surface area contributed by atoms with Crippen LogP contribution in [0.15, 0.2) is 77.4 Å². The number of benzene rings is 2. The van der Waals surface area contributed by atoms with Crippen molar-refractivity contribution in [1.82, 2.24) is 5.32 Å². The van der Waals surface area contributed by atoms with Gasteiger partial charge in [0, 0.05) is 6.08 Å². The van der Waals surface area contributed by atoms with Gasteiger partial charge in [0.1, 0.15) is 17.3 Å². The van der Waals surface area contributed by atoms with Gasteiger partial charge in [-0.1, -0.05) is 24.3 Å². The summed E-state index contributed by atoms with van der Waals surface area (Å²) in [5.74, 6) is 1.92. The Morgan fingerprint density at radius 3 is 1.93 bits per heavy atom. The van der Waals surface area contributed by atoms with Gasteiger partial charge in [-0.2, -0.15) is 0 Å². The molecule has 0 aliphatic rings. The Balaban J connectivity index is 1.84. The zero-order valence-electron chi connectivity index (χ0n) is 15.2. The fourth-order valence-electron chi connectivity index (χ4n) is 2.69. The second-order valence-corrected chi connectivity index (χ2v) is 5.84. The molecule has 0 unspecified atom stereocenters. The quantitative estimate of drug-likeness (QED) is 0.639. The van der Waals surface area contributed by atoms with Crippen LogP contribution in [0.25, 0.3) is 6.08 Å². The van der Waals surface area contributed by atoms with E-state index in [0.29, 0.717) is 5.76 Å². The van der Waals surface area contributed by atoms with Crippen LogP contribution in [0, 0.1) is 0 Å². The van der Waals surface area contributed by atoms with Crippen LogP contribution in [-0.4, -0.2) is 20.1 Å². The Kier molecular flexibility index (Phi) is 5.94.